The molecule has 0 bridgehead atoms. The van der Waals surface area contributed by atoms with Crippen molar-refractivity contribution in [2.24, 2.45) is 0 Å². The van der Waals surface area contributed by atoms with Crippen LogP contribution in [-0.4, -0.2) is 19.5 Å². The van der Waals surface area contributed by atoms with Gasteiger partial charge in [0.2, 0.25) is 10.9 Å². The lowest BCUT2D eigenvalue weighted by atomic mass is 10.3. The number of thiol groups is 1. The Balaban J connectivity index is 4.05. The van der Waals surface area contributed by atoms with E-state index in [1.165, 1.54) is 6.92 Å². The van der Waals surface area contributed by atoms with Gasteiger partial charge in [0.25, 0.3) is 0 Å². The lowest BCUT2D eigenvalue weighted by Gasteiger charge is -1.89. The van der Waals surface area contributed by atoms with Gasteiger partial charge in [-0.3, -0.25) is 4.72 Å². The van der Waals surface area contributed by atoms with Crippen LogP contribution < -0.4 is 4.72 Å². The fraction of sp³-hybridized carbons (Fsp3) is 0.250. The largest absolute Gasteiger partial charge is 0.478 e. The maximum atomic E-state index is 10.0. The molecule has 0 atom stereocenters. The van der Waals surface area contributed by atoms with E-state index in [0.717, 1.165) is 6.20 Å². The molecule has 0 unspecified atom stereocenters. The molecule has 0 amide bonds. The third-order valence-corrected chi connectivity index (χ3v) is 1.06. The highest BCUT2D eigenvalue weighted by atomic mass is 32.2. The van der Waals surface area contributed by atoms with Crippen molar-refractivity contribution in [2.45, 2.75) is 6.92 Å². The van der Waals surface area contributed by atoms with E-state index in [1.54, 1.807) is 0 Å². The Morgan fingerprint density at radius 3 is 2.40 bits per heavy atom. The highest BCUT2D eigenvalue weighted by molar-refractivity contribution is 7.70. The first-order chi connectivity index (χ1) is 4.54. The lowest BCUT2D eigenvalue weighted by Crippen LogP contribution is -2.05. The summed E-state index contributed by atoms with van der Waals surface area (Å²) in [5, 5.41) is 8.19. The van der Waals surface area contributed by atoms with Crippen LogP contribution in [0, 0.1) is 0 Å². The molecule has 0 radical (unpaired) electrons. The van der Waals surface area contributed by atoms with E-state index in [9.17, 15) is 13.2 Å². The minimum absolute atomic E-state index is 0.0563. The molecular weight excluding hydrogens is 158 g/mol. The summed E-state index contributed by atoms with van der Waals surface area (Å²) < 4.78 is 21.5. The fourth-order valence-electron chi connectivity index (χ4n) is 0.211. The van der Waals surface area contributed by atoms with Crippen LogP contribution in [0.15, 0.2) is 11.8 Å². The highest BCUT2D eigenvalue weighted by Crippen LogP contribution is 1.87. The Kier molecular flexibility index (Phi) is 3.48. The molecule has 0 saturated carbocycles. The molecule has 0 aliphatic heterocycles. The van der Waals surface area contributed by atoms with E-state index in [2.05, 4.69) is 0 Å². The third-order valence-electron chi connectivity index (χ3n) is 0.724. The summed E-state index contributed by atoms with van der Waals surface area (Å²) in [5.41, 5.74) is -0.0563. The second kappa shape index (κ2) is 3.89. The van der Waals surface area contributed by atoms with Crippen LogP contribution >= 0.6 is 0 Å². The van der Waals surface area contributed by atoms with Gasteiger partial charge in [0.05, 0.1) is 5.57 Å². The van der Waals surface area contributed by atoms with Gasteiger partial charge in [0, 0.05) is 6.20 Å². The van der Waals surface area contributed by atoms with Crippen LogP contribution in [0.5, 0.6) is 0 Å². The van der Waals surface area contributed by atoms with E-state index in [-0.39, 0.29) is 5.57 Å². The maximum absolute atomic E-state index is 10.0. The Labute approximate surface area is 59.4 Å². The molecule has 58 valence electrons. The fourth-order valence-corrected chi connectivity index (χ4v) is 0.510. The van der Waals surface area contributed by atoms with Crippen LogP contribution in [0.1, 0.15) is 6.92 Å². The minimum Gasteiger partial charge on any atom is -0.478 e. The summed E-state index contributed by atoms with van der Waals surface area (Å²) in [6.07, 6.45) is 0.911. The number of nitrogens with one attached hydrogen (secondary N) is 1. The minimum atomic E-state index is -2.75. The topological polar surface area (TPSA) is 83.5 Å². The van der Waals surface area contributed by atoms with Crippen molar-refractivity contribution in [3.8, 4) is 0 Å². The van der Waals surface area contributed by atoms with Crippen molar-refractivity contribution in [1.82, 2.24) is 4.72 Å². The van der Waals surface area contributed by atoms with Gasteiger partial charge in [-0.1, -0.05) is 0 Å². The summed E-state index contributed by atoms with van der Waals surface area (Å²) in [7, 11) is -2.75. The standard InChI is InChI=1S/C4H7NO4S/c1-3(4(6)7)2-5-10(8)9/h2,10H,1H3,(H,6,7)(H,5,8,9). The van der Waals surface area contributed by atoms with Crippen LogP contribution in [0.4, 0.5) is 0 Å². The van der Waals surface area contributed by atoms with Crippen molar-refractivity contribution < 1.29 is 18.3 Å². The predicted octanol–water partition coefficient (Wildman–Crippen LogP) is -0.909. The Hall–Kier alpha value is -1.04. The van der Waals surface area contributed by atoms with Crippen molar-refractivity contribution >= 4 is 16.9 Å². The number of aliphatic carboxylic acids is 1. The second-order valence-corrected chi connectivity index (χ2v) is 2.29. The molecule has 0 spiro atoms. The third kappa shape index (κ3) is 3.90. The normalized spacial score (nSPS) is 11.6. The molecule has 0 aromatic heterocycles. The number of rotatable bonds is 3. The highest BCUT2D eigenvalue weighted by Gasteiger charge is 1.96. The van der Waals surface area contributed by atoms with Gasteiger partial charge in [-0.2, -0.15) is 0 Å². The van der Waals surface area contributed by atoms with Gasteiger partial charge in [0.1, 0.15) is 0 Å². The molecule has 5 nitrogen and oxygen atoms in total. The smallest absolute Gasteiger partial charge is 0.332 e. The van der Waals surface area contributed by atoms with Crippen LogP contribution in [-0.2, 0) is 15.7 Å². The summed E-state index contributed by atoms with van der Waals surface area (Å²) in [6, 6.07) is 0. The summed E-state index contributed by atoms with van der Waals surface area (Å²) in [4.78, 5) is 10.0. The zero-order valence-corrected chi connectivity index (χ0v) is 6.09. The predicted molar refractivity (Wildman–Crippen MR) is 34.8 cm³/mol. The molecule has 0 fully saturated rings. The lowest BCUT2D eigenvalue weighted by molar-refractivity contribution is -0.132. The molecule has 0 rings (SSSR count). The Morgan fingerprint density at radius 2 is 2.10 bits per heavy atom. The first-order valence-electron chi connectivity index (χ1n) is 2.34. The van der Waals surface area contributed by atoms with E-state index >= 15 is 0 Å². The van der Waals surface area contributed by atoms with Crippen molar-refractivity contribution in [1.29, 1.82) is 0 Å². The van der Waals surface area contributed by atoms with Gasteiger partial charge in [-0.25, -0.2) is 13.2 Å². The molecule has 0 aromatic carbocycles. The maximum Gasteiger partial charge on any atom is 0.332 e. The first-order valence-corrected chi connectivity index (χ1v) is 3.52. The van der Waals surface area contributed by atoms with Crippen molar-refractivity contribution in [3.05, 3.63) is 11.8 Å². The molecule has 0 aromatic rings. The molecule has 2 N–H and O–H groups in total. The molecule has 0 aliphatic carbocycles. The molecule has 0 heterocycles. The van der Waals surface area contributed by atoms with Gasteiger partial charge >= 0.3 is 5.97 Å². The average Bonchev–Trinajstić information content (AvgIpc) is 1.82. The zero-order valence-electron chi connectivity index (χ0n) is 5.20. The average molecular weight is 165 g/mol. The SMILES string of the molecule is CC(=CN[SH](=O)=O)C(=O)O. The van der Waals surface area contributed by atoms with E-state index < -0.39 is 16.9 Å². The van der Waals surface area contributed by atoms with E-state index in [0.29, 0.717) is 0 Å². The monoisotopic (exact) mass is 165 g/mol. The van der Waals surface area contributed by atoms with Gasteiger partial charge in [0.15, 0.2) is 0 Å². The van der Waals surface area contributed by atoms with E-state index in [1.807, 2.05) is 4.72 Å². The quantitative estimate of drug-likeness (QED) is 0.373. The molecule has 0 saturated heterocycles. The van der Waals surface area contributed by atoms with Crippen LogP contribution in [0.2, 0.25) is 0 Å². The zero-order chi connectivity index (χ0) is 8.15. The van der Waals surface area contributed by atoms with Gasteiger partial charge in [-0.15, -0.1) is 0 Å². The number of carboxylic acid groups (broad SMARTS) is 1. The number of carbonyl (C=O) groups is 1. The molecule has 6 heteroatoms. The Morgan fingerprint density at radius 1 is 1.60 bits per heavy atom. The van der Waals surface area contributed by atoms with Crippen molar-refractivity contribution in [3.63, 3.8) is 0 Å². The summed E-state index contributed by atoms with van der Waals surface area (Å²) in [6.45, 7) is 1.29. The van der Waals surface area contributed by atoms with Gasteiger partial charge in [-0.05, 0) is 6.92 Å². The van der Waals surface area contributed by atoms with Crippen LogP contribution in [0.25, 0.3) is 0 Å². The molecular formula is C4H7NO4S. The number of hydrogen-bond donors (Lipinski definition) is 3. The van der Waals surface area contributed by atoms with Crippen molar-refractivity contribution in [2.75, 3.05) is 0 Å². The second-order valence-electron chi connectivity index (χ2n) is 1.52. The Bertz CT molecular complexity index is 221. The summed E-state index contributed by atoms with van der Waals surface area (Å²) >= 11 is 0. The molecule has 0 aliphatic rings. The number of carboxylic acids is 1. The first kappa shape index (κ1) is 8.96. The van der Waals surface area contributed by atoms with Gasteiger partial charge < -0.3 is 5.11 Å². The van der Waals surface area contributed by atoms with Crippen LogP contribution in [0.3, 0.4) is 0 Å². The van der Waals surface area contributed by atoms with E-state index in [4.69, 9.17) is 5.11 Å². The molecule has 10 heavy (non-hydrogen) atoms. The summed E-state index contributed by atoms with van der Waals surface area (Å²) in [5.74, 6) is -1.15. The number of hydrogen-bond acceptors (Lipinski definition) is 3.